The molecule has 0 amide bonds. The lowest BCUT2D eigenvalue weighted by atomic mass is 10.2. The molecule has 0 bridgehead atoms. The highest BCUT2D eigenvalue weighted by Gasteiger charge is 2.08. The number of carbonyl (C=O) groups excluding carboxylic acids is 1. The first-order valence-electron chi connectivity index (χ1n) is 6.55. The Kier molecular flexibility index (Phi) is 7.28. The third-order valence-electron chi connectivity index (χ3n) is 2.53. The molecule has 0 aliphatic heterocycles. The zero-order chi connectivity index (χ0) is 15.7. The average Bonchev–Trinajstić information content (AvgIpc) is 2.50. The number of hydrogen-bond donors (Lipinski definition) is 2. The molecule has 0 radical (unpaired) electrons. The molecule has 1 unspecified atom stereocenters. The number of esters is 1. The Morgan fingerprint density at radius 1 is 1.38 bits per heavy atom. The lowest BCUT2D eigenvalue weighted by molar-refractivity contribution is -0.137. The molecule has 116 valence electrons. The molecule has 1 atom stereocenters. The van der Waals surface area contributed by atoms with E-state index in [1.165, 1.54) is 13.2 Å². The second kappa shape index (κ2) is 8.99. The molecule has 0 fully saturated rings. The van der Waals surface area contributed by atoms with E-state index >= 15 is 0 Å². The summed E-state index contributed by atoms with van der Waals surface area (Å²) in [4.78, 5) is 11.3. The Morgan fingerprint density at radius 2 is 2.14 bits per heavy atom. The van der Waals surface area contributed by atoms with Gasteiger partial charge in [-0.2, -0.15) is 0 Å². The van der Waals surface area contributed by atoms with Gasteiger partial charge in [-0.15, -0.1) is 0 Å². The lowest BCUT2D eigenvalue weighted by Crippen LogP contribution is -2.21. The van der Waals surface area contributed by atoms with Gasteiger partial charge in [0.15, 0.2) is 11.5 Å². The second-order valence-electron chi connectivity index (χ2n) is 4.14. The third kappa shape index (κ3) is 5.85. The number of rotatable bonds is 8. The van der Waals surface area contributed by atoms with Crippen LogP contribution in [-0.2, 0) is 9.53 Å². The zero-order valence-electron chi connectivity index (χ0n) is 12.1. The first-order chi connectivity index (χ1) is 10.1. The predicted octanol–water partition coefficient (Wildman–Crippen LogP) is 1.00. The second-order valence-corrected chi connectivity index (χ2v) is 4.14. The van der Waals surface area contributed by atoms with E-state index in [1.54, 1.807) is 31.2 Å². The summed E-state index contributed by atoms with van der Waals surface area (Å²) in [7, 11) is 1.50. The first kappa shape index (κ1) is 17.0. The van der Waals surface area contributed by atoms with Gasteiger partial charge < -0.3 is 24.4 Å². The molecule has 21 heavy (non-hydrogen) atoms. The van der Waals surface area contributed by atoms with Crippen molar-refractivity contribution in [1.29, 1.82) is 0 Å². The molecule has 6 heteroatoms. The van der Waals surface area contributed by atoms with Crippen LogP contribution in [0.4, 0.5) is 0 Å². The van der Waals surface area contributed by atoms with Crippen molar-refractivity contribution in [1.82, 2.24) is 0 Å². The summed E-state index contributed by atoms with van der Waals surface area (Å²) in [6.07, 6.45) is 1.94. The van der Waals surface area contributed by atoms with Crippen molar-refractivity contribution in [2.24, 2.45) is 0 Å². The summed E-state index contributed by atoms with van der Waals surface area (Å²) < 4.78 is 15.3. The molecule has 0 heterocycles. The SMILES string of the molecule is CCOC(=O)C=Cc1ccc(OC)c(OCC(O)CO)c1. The Bertz CT molecular complexity index is 483. The van der Waals surface area contributed by atoms with Crippen molar-refractivity contribution in [3.8, 4) is 11.5 Å². The molecule has 2 N–H and O–H groups in total. The molecule has 0 aromatic heterocycles. The molecule has 1 aromatic carbocycles. The Hall–Kier alpha value is -2.05. The van der Waals surface area contributed by atoms with Gasteiger partial charge in [0.2, 0.25) is 0 Å². The molecular weight excluding hydrogens is 276 g/mol. The van der Waals surface area contributed by atoms with Gasteiger partial charge in [0, 0.05) is 6.08 Å². The van der Waals surface area contributed by atoms with E-state index < -0.39 is 12.1 Å². The number of hydrogen-bond acceptors (Lipinski definition) is 6. The largest absolute Gasteiger partial charge is 0.493 e. The van der Waals surface area contributed by atoms with Crippen LogP contribution in [0.2, 0.25) is 0 Å². The number of benzene rings is 1. The summed E-state index contributed by atoms with van der Waals surface area (Å²) in [6, 6.07) is 5.11. The van der Waals surface area contributed by atoms with E-state index in [0.29, 0.717) is 18.1 Å². The molecular formula is C15H20O6. The third-order valence-corrected chi connectivity index (χ3v) is 2.53. The Labute approximate surface area is 123 Å². The van der Waals surface area contributed by atoms with Gasteiger partial charge in [-0.05, 0) is 30.7 Å². The lowest BCUT2D eigenvalue weighted by Gasteiger charge is -2.13. The summed E-state index contributed by atoms with van der Waals surface area (Å²) in [6.45, 7) is 1.61. The minimum atomic E-state index is -0.964. The summed E-state index contributed by atoms with van der Waals surface area (Å²) in [5, 5.41) is 18.1. The standard InChI is InChI=1S/C15H20O6/c1-3-20-15(18)7-5-11-4-6-13(19-2)14(8-11)21-10-12(17)9-16/h4-8,12,16-17H,3,9-10H2,1-2H3. The minimum Gasteiger partial charge on any atom is -0.493 e. The van der Waals surface area contributed by atoms with Gasteiger partial charge in [0.25, 0.3) is 0 Å². The van der Waals surface area contributed by atoms with E-state index in [2.05, 4.69) is 0 Å². The van der Waals surface area contributed by atoms with Gasteiger partial charge in [-0.25, -0.2) is 4.79 Å². The molecule has 0 spiro atoms. The zero-order valence-corrected chi connectivity index (χ0v) is 12.1. The highest BCUT2D eigenvalue weighted by atomic mass is 16.5. The summed E-state index contributed by atoms with van der Waals surface area (Å²) >= 11 is 0. The number of carbonyl (C=O) groups is 1. The predicted molar refractivity (Wildman–Crippen MR) is 77.2 cm³/mol. The fourth-order valence-corrected chi connectivity index (χ4v) is 1.50. The number of methoxy groups -OCH3 is 1. The molecule has 0 aliphatic carbocycles. The number of aliphatic hydroxyl groups excluding tert-OH is 2. The highest BCUT2D eigenvalue weighted by molar-refractivity contribution is 5.87. The van der Waals surface area contributed by atoms with Crippen LogP contribution in [0.15, 0.2) is 24.3 Å². The molecule has 0 aliphatic rings. The molecule has 0 saturated carbocycles. The van der Waals surface area contributed by atoms with Gasteiger partial charge in [-0.3, -0.25) is 0 Å². The van der Waals surface area contributed by atoms with Gasteiger partial charge in [0.05, 0.1) is 20.3 Å². The van der Waals surface area contributed by atoms with Crippen molar-refractivity contribution < 1.29 is 29.2 Å². The van der Waals surface area contributed by atoms with Crippen LogP contribution in [0.3, 0.4) is 0 Å². The Morgan fingerprint density at radius 3 is 2.76 bits per heavy atom. The fraction of sp³-hybridized carbons (Fsp3) is 0.400. The van der Waals surface area contributed by atoms with Crippen LogP contribution in [-0.4, -0.2) is 49.2 Å². The van der Waals surface area contributed by atoms with Crippen LogP contribution < -0.4 is 9.47 Å². The van der Waals surface area contributed by atoms with Crippen molar-refractivity contribution in [3.05, 3.63) is 29.8 Å². The summed E-state index contributed by atoms with van der Waals surface area (Å²) in [5.41, 5.74) is 0.720. The molecule has 1 aromatic rings. The topological polar surface area (TPSA) is 85.2 Å². The number of ether oxygens (including phenoxy) is 3. The van der Waals surface area contributed by atoms with Crippen molar-refractivity contribution >= 4 is 12.0 Å². The minimum absolute atomic E-state index is 0.0576. The fourth-order valence-electron chi connectivity index (χ4n) is 1.50. The van der Waals surface area contributed by atoms with Crippen LogP contribution in [0.25, 0.3) is 6.08 Å². The number of aliphatic hydroxyl groups is 2. The van der Waals surface area contributed by atoms with E-state index in [1.807, 2.05) is 0 Å². The van der Waals surface area contributed by atoms with Crippen LogP contribution in [0.5, 0.6) is 11.5 Å². The van der Waals surface area contributed by atoms with E-state index in [9.17, 15) is 9.90 Å². The van der Waals surface area contributed by atoms with E-state index in [4.69, 9.17) is 19.3 Å². The maximum absolute atomic E-state index is 11.3. The highest BCUT2D eigenvalue weighted by Crippen LogP contribution is 2.28. The molecule has 6 nitrogen and oxygen atoms in total. The van der Waals surface area contributed by atoms with Crippen molar-refractivity contribution in [2.45, 2.75) is 13.0 Å². The van der Waals surface area contributed by atoms with Crippen LogP contribution >= 0.6 is 0 Å². The van der Waals surface area contributed by atoms with Gasteiger partial charge in [0.1, 0.15) is 12.7 Å². The Balaban J connectivity index is 2.81. The first-order valence-corrected chi connectivity index (χ1v) is 6.55. The maximum Gasteiger partial charge on any atom is 0.330 e. The average molecular weight is 296 g/mol. The summed E-state index contributed by atoms with van der Waals surface area (Å²) in [5.74, 6) is 0.482. The van der Waals surface area contributed by atoms with E-state index in [0.717, 1.165) is 5.56 Å². The quantitative estimate of drug-likeness (QED) is 0.550. The van der Waals surface area contributed by atoms with Gasteiger partial charge in [-0.1, -0.05) is 6.07 Å². The van der Waals surface area contributed by atoms with Crippen LogP contribution in [0.1, 0.15) is 12.5 Å². The normalized spacial score (nSPS) is 12.2. The van der Waals surface area contributed by atoms with Gasteiger partial charge >= 0.3 is 5.97 Å². The molecule has 0 saturated heterocycles. The maximum atomic E-state index is 11.3. The van der Waals surface area contributed by atoms with E-state index in [-0.39, 0.29) is 13.2 Å². The van der Waals surface area contributed by atoms with Crippen molar-refractivity contribution in [2.75, 3.05) is 26.9 Å². The van der Waals surface area contributed by atoms with Crippen molar-refractivity contribution in [3.63, 3.8) is 0 Å². The monoisotopic (exact) mass is 296 g/mol. The molecule has 1 rings (SSSR count). The smallest absolute Gasteiger partial charge is 0.330 e. The van der Waals surface area contributed by atoms with Crippen LogP contribution in [0, 0.1) is 0 Å².